The van der Waals surface area contributed by atoms with Crippen LogP contribution in [0.2, 0.25) is 0 Å². The number of anilines is 1. The third kappa shape index (κ3) is 3.68. The maximum absolute atomic E-state index is 13.9. The van der Waals surface area contributed by atoms with E-state index in [4.69, 9.17) is 5.14 Å². The Balaban J connectivity index is 2.17. The fourth-order valence-corrected chi connectivity index (χ4v) is 2.97. The smallest absolute Gasteiger partial charge is 0.238 e. The summed E-state index contributed by atoms with van der Waals surface area (Å²) < 4.78 is 36.2. The first-order chi connectivity index (χ1) is 9.38. The molecule has 2 unspecified atom stereocenters. The molecule has 112 valence electrons. The van der Waals surface area contributed by atoms with Crippen molar-refractivity contribution in [1.82, 2.24) is 0 Å². The van der Waals surface area contributed by atoms with Gasteiger partial charge in [0.2, 0.25) is 10.0 Å². The van der Waals surface area contributed by atoms with E-state index in [9.17, 15) is 17.9 Å². The molecule has 0 radical (unpaired) electrons. The van der Waals surface area contributed by atoms with Crippen LogP contribution in [0, 0.1) is 5.82 Å². The maximum atomic E-state index is 13.9. The molecule has 1 aromatic rings. The number of benzene rings is 1. The first-order valence-electron chi connectivity index (χ1n) is 6.65. The fourth-order valence-electron chi connectivity index (χ4n) is 2.45. The average molecular weight is 302 g/mol. The fraction of sp³-hybridized carbons (Fsp3) is 0.538. The Morgan fingerprint density at radius 1 is 1.25 bits per heavy atom. The zero-order valence-corrected chi connectivity index (χ0v) is 11.9. The summed E-state index contributed by atoms with van der Waals surface area (Å²) in [4.78, 5) is -0.262. The lowest BCUT2D eigenvalue weighted by Gasteiger charge is -2.23. The van der Waals surface area contributed by atoms with Gasteiger partial charge in [-0.2, -0.15) is 0 Å². The van der Waals surface area contributed by atoms with Crippen molar-refractivity contribution in [3.05, 3.63) is 24.0 Å². The van der Waals surface area contributed by atoms with Crippen LogP contribution in [0.4, 0.5) is 10.1 Å². The second kappa shape index (κ2) is 6.07. The summed E-state index contributed by atoms with van der Waals surface area (Å²) >= 11 is 0. The minimum Gasteiger partial charge on any atom is -0.391 e. The summed E-state index contributed by atoms with van der Waals surface area (Å²) in [6.07, 6.45) is 3.93. The molecule has 0 spiro atoms. The van der Waals surface area contributed by atoms with Crippen LogP contribution in [-0.2, 0) is 10.0 Å². The van der Waals surface area contributed by atoms with Crippen molar-refractivity contribution in [2.24, 2.45) is 5.14 Å². The van der Waals surface area contributed by atoms with Crippen molar-refractivity contribution in [3.8, 4) is 0 Å². The minimum atomic E-state index is -3.91. The molecule has 1 saturated carbocycles. The van der Waals surface area contributed by atoms with Crippen molar-refractivity contribution in [2.45, 2.75) is 49.1 Å². The highest BCUT2D eigenvalue weighted by Crippen LogP contribution is 2.24. The minimum absolute atomic E-state index is 0.184. The SMILES string of the molecule is NS(=O)(=O)c1ccc(NC2CCCCCC2O)c(F)c1. The summed E-state index contributed by atoms with van der Waals surface area (Å²) in [7, 11) is -3.91. The van der Waals surface area contributed by atoms with Crippen LogP contribution in [0.15, 0.2) is 23.1 Å². The molecule has 4 N–H and O–H groups in total. The zero-order chi connectivity index (χ0) is 14.8. The van der Waals surface area contributed by atoms with E-state index in [0.717, 1.165) is 31.7 Å². The lowest BCUT2D eigenvalue weighted by Crippen LogP contribution is -2.32. The molecule has 0 saturated heterocycles. The van der Waals surface area contributed by atoms with Crippen molar-refractivity contribution < 1.29 is 17.9 Å². The van der Waals surface area contributed by atoms with Gasteiger partial charge in [0.25, 0.3) is 0 Å². The van der Waals surface area contributed by atoms with Crippen molar-refractivity contribution in [2.75, 3.05) is 5.32 Å². The Labute approximate surface area is 118 Å². The lowest BCUT2D eigenvalue weighted by atomic mass is 10.1. The van der Waals surface area contributed by atoms with Crippen LogP contribution < -0.4 is 10.5 Å². The average Bonchev–Trinajstić information content (AvgIpc) is 2.56. The zero-order valence-electron chi connectivity index (χ0n) is 11.0. The van der Waals surface area contributed by atoms with Crippen LogP contribution in [0.3, 0.4) is 0 Å². The van der Waals surface area contributed by atoms with E-state index >= 15 is 0 Å². The Kier molecular flexibility index (Phi) is 4.62. The van der Waals surface area contributed by atoms with Gasteiger partial charge in [-0.1, -0.05) is 19.3 Å². The van der Waals surface area contributed by atoms with Gasteiger partial charge >= 0.3 is 0 Å². The van der Waals surface area contributed by atoms with E-state index in [1.54, 1.807) is 0 Å². The normalized spacial score (nSPS) is 24.1. The molecule has 1 aliphatic rings. The van der Waals surface area contributed by atoms with Crippen LogP contribution in [0.5, 0.6) is 0 Å². The molecular weight excluding hydrogens is 283 g/mol. The molecule has 1 aliphatic carbocycles. The van der Waals surface area contributed by atoms with E-state index in [0.29, 0.717) is 6.42 Å². The third-order valence-corrected chi connectivity index (χ3v) is 4.50. The summed E-state index contributed by atoms with van der Waals surface area (Å²) in [5, 5.41) is 17.9. The molecule has 2 rings (SSSR count). The van der Waals surface area contributed by atoms with E-state index in [2.05, 4.69) is 5.32 Å². The van der Waals surface area contributed by atoms with Gasteiger partial charge in [0.05, 0.1) is 22.7 Å². The van der Waals surface area contributed by atoms with Gasteiger partial charge in [-0.15, -0.1) is 0 Å². The summed E-state index contributed by atoms with van der Waals surface area (Å²) in [5.41, 5.74) is 0.184. The van der Waals surface area contributed by atoms with E-state index in [-0.39, 0.29) is 16.6 Å². The number of primary sulfonamides is 1. The van der Waals surface area contributed by atoms with E-state index < -0.39 is 21.9 Å². The third-order valence-electron chi connectivity index (χ3n) is 3.59. The number of halogens is 1. The van der Waals surface area contributed by atoms with Gasteiger partial charge in [-0.05, 0) is 31.0 Å². The Bertz CT molecular complexity index is 577. The van der Waals surface area contributed by atoms with Crippen molar-refractivity contribution in [3.63, 3.8) is 0 Å². The van der Waals surface area contributed by atoms with Gasteiger partial charge in [-0.3, -0.25) is 0 Å². The van der Waals surface area contributed by atoms with Gasteiger partial charge < -0.3 is 10.4 Å². The number of hydrogen-bond acceptors (Lipinski definition) is 4. The molecule has 7 heteroatoms. The first kappa shape index (κ1) is 15.2. The highest BCUT2D eigenvalue weighted by Gasteiger charge is 2.22. The van der Waals surface area contributed by atoms with Crippen molar-refractivity contribution in [1.29, 1.82) is 0 Å². The van der Waals surface area contributed by atoms with E-state index in [1.807, 2.05) is 0 Å². The molecule has 1 aromatic carbocycles. The van der Waals surface area contributed by atoms with Gasteiger partial charge in [0.15, 0.2) is 0 Å². The molecule has 0 aromatic heterocycles. The number of nitrogens with two attached hydrogens (primary N) is 1. The molecule has 0 amide bonds. The van der Waals surface area contributed by atoms with Crippen LogP contribution in [-0.4, -0.2) is 25.7 Å². The molecule has 0 bridgehead atoms. The molecule has 20 heavy (non-hydrogen) atoms. The van der Waals surface area contributed by atoms with Gasteiger partial charge in [0.1, 0.15) is 5.82 Å². The molecule has 5 nitrogen and oxygen atoms in total. The topological polar surface area (TPSA) is 92.4 Å². The summed E-state index contributed by atoms with van der Waals surface area (Å²) in [6.45, 7) is 0. The maximum Gasteiger partial charge on any atom is 0.238 e. The predicted octanol–water partition coefficient (Wildman–Crippen LogP) is 1.58. The molecule has 0 heterocycles. The Morgan fingerprint density at radius 2 is 1.95 bits per heavy atom. The van der Waals surface area contributed by atoms with Crippen molar-refractivity contribution >= 4 is 15.7 Å². The number of aliphatic hydroxyl groups excluding tert-OH is 1. The molecular formula is C13H19FN2O3S. The number of hydrogen-bond donors (Lipinski definition) is 3. The quantitative estimate of drug-likeness (QED) is 0.739. The largest absolute Gasteiger partial charge is 0.391 e. The first-order valence-corrected chi connectivity index (χ1v) is 8.19. The Hall–Kier alpha value is -1.18. The molecule has 1 fully saturated rings. The number of aliphatic hydroxyl groups is 1. The second-order valence-corrected chi connectivity index (χ2v) is 6.70. The van der Waals surface area contributed by atoms with Crippen LogP contribution in [0.25, 0.3) is 0 Å². The highest BCUT2D eigenvalue weighted by atomic mass is 32.2. The Morgan fingerprint density at radius 3 is 2.60 bits per heavy atom. The van der Waals surface area contributed by atoms with Crippen LogP contribution >= 0.6 is 0 Å². The molecule has 2 atom stereocenters. The second-order valence-electron chi connectivity index (χ2n) is 5.14. The monoisotopic (exact) mass is 302 g/mol. The van der Waals surface area contributed by atoms with Gasteiger partial charge in [0, 0.05) is 0 Å². The number of sulfonamides is 1. The standard InChI is InChI=1S/C13H19FN2O3S/c14-10-8-9(20(15,18)19)6-7-11(10)16-12-4-2-1-3-5-13(12)17/h6-8,12-13,16-17H,1-5H2,(H2,15,18,19). The summed E-state index contributed by atoms with van der Waals surface area (Å²) in [6, 6.07) is 3.27. The number of rotatable bonds is 3. The molecule has 0 aliphatic heterocycles. The van der Waals surface area contributed by atoms with E-state index in [1.165, 1.54) is 12.1 Å². The van der Waals surface area contributed by atoms with Gasteiger partial charge in [-0.25, -0.2) is 17.9 Å². The lowest BCUT2D eigenvalue weighted by molar-refractivity contribution is 0.144. The summed E-state index contributed by atoms with van der Waals surface area (Å²) in [5.74, 6) is -0.687. The predicted molar refractivity (Wildman–Crippen MR) is 74.3 cm³/mol. The van der Waals surface area contributed by atoms with Crippen LogP contribution in [0.1, 0.15) is 32.1 Å². The highest BCUT2D eigenvalue weighted by molar-refractivity contribution is 7.89. The number of nitrogens with one attached hydrogen (secondary N) is 1.